The fraction of sp³-hybridized carbons (Fsp3) is 0.500. The summed E-state index contributed by atoms with van der Waals surface area (Å²) in [5.74, 6) is 0.593. The second-order valence-electron chi connectivity index (χ2n) is 5.83. The van der Waals surface area contributed by atoms with Gasteiger partial charge in [0.05, 0.1) is 11.8 Å². The number of hydrogen-bond donors (Lipinski definition) is 2. The van der Waals surface area contributed by atoms with Crippen molar-refractivity contribution >= 4 is 33.3 Å². The first-order valence-corrected chi connectivity index (χ1v) is 7.93. The average Bonchev–Trinajstić information content (AvgIpc) is 3.15. The maximum absolute atomic E-state index is 12.7. The molecular weight excluding hydrogens is 288 g/mol. The van der Waals surface area contributed by atoms with Crippen LogP contribution in [-0.4, -0.2) is 45.1 Å². The van der Waals surface area contributed by atoms with E-state index in [0.717, 1.165) is 19.4 Å². The zero-order chi connectivity index (χ0) is 14.6. The Labute approximate surface area is 125 Å². The second kappa shape index (κ2) is 4.64. The zero-order valence-corrected chi connectivity index (χ0v) is 12.2. The van der Waals surface area contributed by atoms with Gasteiger partial charge in [-0.2, -0.15) is 0 Å². The van der Waals surface area contributed by atoms with Crippen LogP contribution < -0.4 is 5.73 Å². The number of aliphatic hydroxyl groups is 1. The summed E-state index contributed by atoms with van der Waals surface area (Å²) in [6, 6.07) is 0. The first kappa shape index (κ1) is 13.0. The molecular formula is C14H16N4O2S. The third-order valence-electron chi connectivity index (χ3n) is 4.66. The van der Waals surface area contributed by atoms with Gasteiger partial charge in [0.2, 0.25) is 0 Å². The number of fused-ring (bicyclic) bond motifs is 2. The number of aromatic nitrogens is 2. The minimum Gasteiger partial charge on any atom is -0.396 e. The van der Waals surface area contributed by atoms with Crippen molar-refractivity contribution < 1.29 is 9.90 Å². The van der Waals surface area contributed by atoms with Crippen molar-refractivity contribution in [2.45, 2.75) is 18.9 Å². The number of carbonyl (C=O) groups excluding carboxylic acids is 1. The van der Waals surface area contributed by atoms with Crippen LogP contribution in [0.1, 0.15) is 22.5 Å². The van der Waals surface area contributed by atoms with E-state index in [1.165, 1.54) is 11.3 Å². The lowest BCUT2D eigenvalue weighted by atomic mass is 10.00. The molecule has 1 saturated carbocycles. The minimum atomic E-state index is -0.268. The Kier molecular flexibility index (Phi) is 2.87. The van der Waals surface area contributed by atoms with Gasteiger partial charge < -0.3 is 15.7 Å². The van der Waals surface area contributed by atoms with Crippen LogP contribution in [0.15, 0.2) is 12.4 Å². The minimum absolute atomic E-state index is 0.0566. The lowest BCUT2D eigenvalue weighted by Gasteiger charge is -2.17. The number of amides is 1. The van der Waals surface area contributed by atoms with Gasteiger partial charge in [0, 0.05) is 31.4 Å². The van der Waals surface area contributed by atoms with Gasteiger partial charge in [-0.15, -0.1) is 11.3 Å². The number of likely N-dealkylation sites (tertiary alicyclic amines) is 1. The summed E-state index contributed by atoms with van der Waals surface area (Å²) >= 11 is 1.30. The summed E-state index contributed by atoms with van der Waals surface area (Å²) < 4.78 is 0. The lowest BCUT2D eigenvalue weighted by molar-refractivity contribution is 0.0758. The van der Waals surface area contributed by atoms with Crippen molar-refractivity contribution in [1.82, 2.24) is 14.9 Å². The van der Waals surface area contributed by atoms with Gasteiger partial charge in [-0.3, -0.25) is 4.79 Å². The van der Waals surface area contributed by atoms with Crippen molar-refractivity contribution in [2.75, 3.05) is 18.8 Å². The van der Waals surface area contributed by atoms with Gasteiger partial charge >= 0.3 is 0 Å². The first-order valence-electron chi connectivity index (χ1n) is 7.11. The van der Waals surface area contributed by atoms with Crippen molar-refractivity contribution in [3.63, 3.8) is 0 Å². The highest BCUT2D eigenvalue weighted by atomic mass is 32.1. The molecule has 2 fully saturated rings. The maximum atomic E-state index is 12.7. The van der Waals surface area contributed by atoms with Gasteiger partial charge in [0.25, 0.3) is 5.91 Å². The molecule has 0 radical (unpaired) electrons. The van der Waals surface area contributed by atoms with E-state index in [2.05, 4.69) is 9.97 Å². The highest BCUT2D eigenvalue weighted by molar-refractivity contribution is 7.21. The molecule has 110 valence electrons. The summed E-state index contributed by atoms with van der Waals surface area (Å²) in [6.07, 6.45) is 4.77. The number of aliphatic hydroxyl groups excluding tert-OH is 1. The fourth-order valence-corrected chi connectivity index (χ4v) is 4.54. The molecule has 3 unspecified atom stereocenters. The van der Waals surface area contributed by atoms with Crippen LogP contribution in [0.25, 0.3) is 10.3 Å². The normalized spacial score (nSPS) is 28.2. The van der Waals surface area contributed by atoms with E-state index in [9.17, 15) is 9.90 Å². The Balaban J connectivity index is 1.64. The molecule has 6 nitrogen and oxygen atoms in total. The summed E-state index contributed by atoms with van der Waals surface area (Å²) in [5.41, 5.74) is 7.09. The molecule has 1 aliphatic carbocycles. The Morgan fingerprint density at radius 3 is 2.90 bits per heavy atom. The van der Waals surface area contributed by atoms with Crippen LogP contribution in [-0.2, 0) is 0 Å². The first-order chi connectivity index (χ1) is 10.1. The summed E-state index contributed by atoms with van der Waals surface area (Å²) in [6.45, 7) is 1.34. The summed E-state index contributed by atoms with van der Waals surface area (Å²) in [7, 11) is 0. The molecule has 1 aliphatic heterocycles. The predicted molar refractivity (Wildman–Crippen MR) is 80.0 cm³/mol. The summed E-state index contributed by atoms with van der Waals surface area (Å²) in [4.78, 5) is 24.1. The molecule has 3 atom stereocenters. The van der Waals surface area contributed by atoms with E-state index >= 15 is 0 Å². The van der Waals surface area contributed by atoms with Crippen LogP contribution >= 0.6 is 11.3 Å². The highest BCUT2D eigenvalue weighted by Crippen LogP contribution is 2.40. The van der Waals surface area contributed by atoms with Gasteiger partial charge in [-0.25, -0.2) is 9.97 Å². The number of anilines is 1. The number of nitrogens with two attached hydrogens (primary N) is 1. The molecule has 4 rings (SSSR count). The smallest absolute Gasteiger partial charge is 0.266 e. The Morgan fingerprint density at radius 1 is 1.33 bits per heavy atom. The zero-order valence-electron chi connectivity index (χ0n) is 11.4. The highest BCUT2D eigenvalue weighted by Gasteiger charge is 2.43. The van der Waals surface area contributed by atoms with Crippen molar-refractivity contribution in [3.05, 3.63) is 17.3 Å². The second-order valence-corrected chi connectivity index (χ2v) is 6.83. The Bertz CT molecular complexity index is 716. The molecule has 2 aromatic heterocycles. The van der Waals surface area contributed by atoms with E-state index in [1.807, 2.05) is 4.90 Å². The summed E-state index contributed by atoms with van der Waals surface area (Å²) in [5, 5.41) is 9.96. The topological polar surface area (TPSA) is 92.3 Å². The predicted octanol–water partition coefficient (Wildman–Crippen LogP) is 1.12. The molecule has 1 amide bonds. The standard InChI is InChI=1S/C14H16N4O2S/c15-10-11-13(17-4-3-16-11)21-12(10)14(20)18-5-7-1-2-9(19)8(7)6-18/h3-4,7-9,19H,1-2,5-6,15H2. The van der Waals surface area contributed by atoms with Gasteiger partial charge in [0.15, 0.2) is 0 Å². The van der Waals surface area contributed by atoms with Crippen molar-refractivity contribution in [2.24, 2.45) is 11.8 Å². The van der Waals surface area contributed by atoms with Gasteiger partial charge in [0.1, 0.15) is 15.2 Å². The molecule has 3 N–H and O–H groups in total. The molecule has 21 heavy (non-hydrogen) atoms. The molecule has 2 aromatic rings. The number of thiophene rings is 1. The van der Waals surface area contributed by atoms with Crippen molar-refractivity contribution in [3.8, 4) is 0 Å². The Morgan fingerprint density at radius 2 is 2.14 bits per heavy atom. The van der Waals surface area contributed by atoms with Crippen LogP contribution in [0.5, 0.6) is 0 Å². The number of nitrogens with zero attached hydrogens (tertiary/aromatic N) is 3. The lowest BCUT2D eigenvalue weighted by Crippen LogP contribution is -2.30. The van der Waals surface area contributed by atoms with E-state index < -0.39 is 0 Å². The van der Waals surface area contributed by atoms with Crippen LogP contribution in [0, 0.1) is 11.8 Å². The van der Waals surface area contributed by atoms with Gasteiger partial charge in [-0.05, 0) is 18.8 Å². The molecule has 0 aromatic carbocycles. The average molecular weight is 304 g/mol. The van der Waals surface area contributed by atoms with E-state index in [-0.39, 0.29) is 17.9 Å². The molecule has 3 heterocycles. The molecule has 0 spiro atoms. The largest absolute Gasteiger partial charge is 0.396 e. The van der Waals surface area contributed by atoms with Crippen LogP contribution in [0.4, 0.5) is 5.69 Å². The maximum Gasteiger partial charge on any atom is 0.266 e. The van der Waals surface area contributed by atoms with Crippen molar-refractivity contribution in [1.29, 1.82) is 0 Å². The monoisotopic (exact) mass is 304 g/mol. The quantitative estimate of drug-likeness (QED) is 0.823. The number of carbonyl (C=O) groups is 1. The molecule has 0 bridgehead atoms. The number of rotatable bonds is 1. The van der Waals surface area contributed by atoms with Crippen LogP contribution in [0.2, 0.25) is 0 Å². The van der Waals surface area contributed by atoms with E-state index in [4.69, 9.17) is 5.73 Å². The molecule has 2 aliphatic rings. The SMILES string of the molecule is Nc1c(C(=O)N2CC3CCC(O)C3C2)sc2nccnc12. The Hall–Kier alpha value is -1.73. The fourth-order valence-electron chi connectivity index (χ4n) is 3.55. The van der Waals surface area contributed by atoms with E-state index in [1.54, 1.807) is 12.4 Å². The number of nitrogen functional groups attached to an aromatic ring is 1. The number of hydrogen-bond acceptors (Lipinski definition) is 6. The van der Waals surface area contributed by atoms with Crippen LogP contribution in [0.3, 0.4) is 0 Å². The van der Waals surface area contributed by atoms with Gasteiger partial charge in [-0.1, -0.05) is 0 Å². The third-order valence-corrected chi connectivity index (χ3v) is 5.75. The third kappa shape index (κ3) is 1.91. The molecule has 1 saturated heterocycles. The van der Waals surface area contributed by atoms with E-state index in [0.29, 0.717) is 33.4 Å². The molecule has 7 heteroatoms.